The number of phenols is 1. The SMILES string of the molecule is Cc1[nH]nc(-c2ccc(OCc3ccc(Br)cc3)cc2O)c1-c1ccc2c(c1)OCCO2. The van der Waals surface area contributed by atoms with E-state index >= 15 is 0 Å². The Hall–Kier alpha value is -3.45. The maximum atomic E-state index is 10.8. The van der Waals surface area contributed by atoms with Gasteiger partial charge in [0.1, 0.15) is 37.0 Å². The van der Waals surface area contributed by atoms with Crippen molar-refractivity contribution < 1.29 is 19.3 Å². The van der Waals surface area contributed by atoms with Gasteiger partial charge in [-0.25, -0.2) is 0 Å². The maximum absolute atomic E-state index is 10.8. The molecule has 162 valence electrons. The molecule has 5 rings (SSSR count). The molecule has 0 unspecified atom stereocenters. The zero-order valence-electron chi connectivity index (χ0n) is 17.4. The monoisotopic (exact) mass is 492 g/mol. The molecule has 6 nitrogen and oxygen atoms in total. The molecule has 0 spiro atoms. The van der Waals surface area contributed by atoms with Gasteiger partial charge < -0.3 is 19.3 Å². The van der Waals surface area contributed by atoms with Gasteiger partial charge in [-0.1, -0.05) is 34.1 Å². The van der Waals surface area contributed by atoms with Crippen molar-refractivity contribution in [1.29, 1.82) is 0 Å². The number of hydrogen-bond donors (Lipinski definition) is 2. The van der Waals surface area contributed by atoms with Gasteiger partial charge in [0.2, 0.25) is 0 Å². The number of aromatic nitrogens is 2. The number of H-pyrrole nitrogens is 1. The minimum Gasteiger partial charge on any atom is -0.507 e. The molecule has 0 radical (unpaired) electrons. The van der Waals surface area contributed by atoms with Crippen LogP contribution in [0.1, 0.15) is 11.3 Å². The number of nitrogens with one attached hydrogen (secondary N) is 1. The van der Waals surface area contributed by atoms with Crippen molar-refractivity contribution in [3.05, 3.63) is 76.4 Å². The number of aromatic hydroxyl groups is 1. The predicted octanol–water partition coefficient (Wildman–Crippen LogP) is 5.87. The molecular formula is C25H21BrN2O4. The van der Waals surface area contributed by atoms with Gasteiger partial charge >= 0.3 is 0 Å². The van der Waals surface area contributed by atoms with Crippen molar-refractivity contribution in [2.45, 2.75) is 13.5 Å². The van der Waals surface area contributed by atoms with Crippen molar-refractivity contribution in [2.75, 3.05) is 13.2 Å². The third kappa shape index (κ3) is 4.03. The Kier molecular flexibility index (Phi) is 5.49. The number of hydrogen-bond acceptors (Lipinski definition) is 5. The normalized spacial score (nSPS) is 12.6. The first-order chi connectivity index (χ1) is 15.6. The molecule has 1 aliphatic rings. The third-order valence-corrected chi connectivity index (χ3v) is 5.85. The fourth-order valence-corrected chi connectivity index (χ4v) is 3.99. The van der Waals surface area contributed by atoms with E-state index in [0.29, 0.717) is 42.6 Å². The van der Waals surface area contributed by atoms with E-state index in [1.165, 1.54) is 0 Å². The summed E-state index contributed by atoms with van der Waals surface area (Å²) < 4.78 is 18.2. The minimum atomic E-state index is 0.101. The van der Waals surface area contributed by atoms with Crippen LogP contribution in [0.25, 0.3) is 22.4 Å². The average molecular weight is 493 g/mol. The third-order valence-electron chi connectivity index (χ3n) is 5.32. The van der Waals surface area contributed by atoms with E-state index < -0.39 is 0 Å². The lowest BCUT2D eigenvalue weighted by atomic mass is 9.98. The van der Waals surface area contributed by atoms with Crippen LogP contribution in [0.2, 0.25) is 0 Å². The number of fused-ring (bicyclic) bond motifs is 1. The molecule has 7 heteroatoms. The van der Waals surface area contributed by atoms with E-state index in [4.69, 9.17) is 14.2 Å². The lowest BCUT2D eigenvalue weighted by Crippen LogP contribution is -2.15. The molecule has 0 aliphatic carbocycles. The lowest BCUT2D eigenvalue weighted by Gasteiger charge is -2.19. The lowest BCUT2D eigenvalue weighted by molar-refractivity contribution is 0.171. The highest BCUT2D eigenvalue weighted by atomic mass is 79.9. The van der Waals surface area contributed by atoms with Gasteiger partial charge in [-0.15, -0.1) is 0 Å². The Morgan fingerprint density at radius 2 is 1.78 bits per heavy atom. The molecule has 0 saturated heterocycles. The molecule has 0 amide bonds. The van der Waals surface area contributed by atoms with Crippen LogP contribution in [-0.4, -0.2) is 28.5 Å². The average Bonchev–Trinajstić information content (AvgIpc) is 3.19. The first-order valence-electron chi connectivity index (χ1n) is 10.2. The molecule has 0 fully saturated rings. The van der Waals surface area contributed by atoms with Crippen molar-refractivity contribution >= 4 is 15.9 Å². The number of benzene rings is 3. The van der Waals surface area contributed by atoms with E-state index in [1.54, 1.807) is 6.07 Å². The van der Waals surface area contributed by atoms with Crippen molar-refractivity contribution in [1.82, 2.24) is 10.2 Å². The number of nitrogens with zero attached hydrogens (tertiary/aromatic N) is 1. The van der Waals surface area contributed by atoms with Gasteiger partial charge in [-0.3, -0.25) is 5.10 Å². The van der Waals surface area contributed by atoms with Crippen LogP contribution >= 0.6 is 15.9 Å². The number of ether oxygens (including phenoxy) is 3. The second-order valence-corrected chi connectivity index (χ2v) is 8.44. The number of aromatic amines is 1. The molecule has 0 saturated carbocycles. The van der Waals surface area contributed by atoms with E-state index in [1.807, 2.05) is 61.5 Å². The summed E-state index contributed by atoms with van der Waals surface area (Å²) in [4.78, 5) is 0. The summed E-state index contributed by atoms with van der Waals surface area (Å²) in [6.45, 7) is 3.44. The molecule has 0 atom stereocenters. The van der Waals surface area contributed by atoms with E-state index in [9.17, 15) is 5.11 Å². The summed E-state index contributed by atoms with van der Waals surface area (Å²) in [5, 5.41) is 18.3. The smallest absolute Gasteiger partial charge is 0.161 e. The first-order valence-corrected chi connectivity index (χ1v) is 11.0. The Balaban J connectivity index is 1.42. The Morgan fingerprint density at radius 1 is 1.00 bits per heavy atom. The highest BCUT2D eigenvalue weighted by molar-refractivity contribution is 9.10. The summed E-state index contributed by atoms with van der Waals surface area (Å²) in [6, 6.07) is 19.0. The molecule has 32 heavy (non-hydrogen) atoms. The van der Waals surface area contributed by atoms with Crippen LogP contribution in [-0.2, 0) is 6.61 Å². The summed E-state index contributed by atoms with van der Waals surface area (Å²) in [5.74, 6) is 2.13. The van der Waals surface area contributed by atoms with Gasteiger partial charge in [0.15, 0.2) is 11.5 Å². The Bertz CT molecular complexity index is 1270. The van der Waals surface area contributed by atoms with Crippen molar-refractivity contribution in [3.63, 3.8) is 0 Å². The molecule has 2 heterocycles. The molecule has 1 aliphatic heterocycles. The van der Waals surface area contributed by atoms with Gasteiger partial charge in [0.05, 0.1) is 0 Å². The zero-order chi connectivity index (χ0) is 22.1. The fourth-order valence-electron chi connectivity index (χ4n) is 3.72. The van der Waals surface area contributed by atoms with Gasteiger partial charge in [-0.05, 0) is 54.4 Å². The maximum Gasteiger partial charge on any atom is 0.161 e. The molecule has 3 aromatic carbocycles. The first kappa shape index (κ1) is 20.5. The fraction of sp³-hybridized carbons (Fsp3) is 0.160. The second kappa shape index (κ2) is 8.59. The zero-order valence-corrected chi connectivity index (χ0v) is 19.0. The topological polar surface area (TPSA) is 76.6 Å². The van der Waals surface area contributed by atoms with Gasteiger partial charge in [-0.2, -0.15) is 5.10 Å². The molecular weight excluding hydrogens is 472 g/mol. The predicted molar refractivity (Wildman–Crippen MR) is 125 cm³/mol. The number of halogens is 1. The van der Waals surface area contributed by atoms with E-state index in [-0.39, 0.29) is 5.75 Å². The number of rotatable bonds is 5. The molecule has 2 N–H and O–H groups in total. The minimum absolute atomic E-state index is 0.101. The van der Waals surface area contributed by atoms with Crippen LogP contribution in [0.4, 0.5) is 0 Å². The van der Waals surface area contributed by atoms with Crippen molar-refractivity contribution in [2.24, 2.45) is 0 Å². The molecule has 4 aromatic rings. The van der Waals surface area contributed by atoms with Crippen LogP contribution in [0.3, 0.4) is 0 Å². The quantitative estimate of drug-likeness (QED) is 0.364. The second-order valence-electron chi connectivity index (χ2n) is 7.52. The largest absolute Gasteiger partial charge is 0.507 e. The summed E-state index contributed by atoms with van der Waals surface area (Å²) in [7, 11) is 0. The van der Waals surface area contributed by atoms with Crippen LogP contribution in [0.15, 0.2) is 65.1 Å². The van der Waals surface area contributed by atoms with Gasteiger partial charge in [0, 0.05) is 27.4 Å². The summed E-state index contributed by atoms with van der Waals surface area (Å²) >= 11 is 3.43. The standard InChI is InChI=1S/C25H21BrN2O4/c1-15-24(17-4-9-22-23(12-17)31-11-10-30-22)25(28-27-15)20-8-7-19(13-21(20)29)32-14-16-2-5-18(26)6-3-16/h2-9,12-13,29H,10-11,14H2,1H3,(H,27,28). The molecule has 0 bridgehead atoms. The van der Waals surface area contributed by atoms with E-state index in [2.05, 4.69) is 26.1 Å². The van der Waals surface area contributed by atoms with Crippen LogP contribution in [0, 0.1) is 6.92 Å². The van der Waals surface area contributed by atoms with Crippen LogP contribution in [0.5, 0.6) is 23.0 Å². The number of aryl methyl sites for hydroxylation is 1. The van der Waals surface area contributed by atoms with Crippen LogP contribution < -0.4 is 14.2 Å². The highest BCUT2D eigenvalue weighted by Crippen LogP contribution is 2.41. The number of phenolic OH excluding ortho intramolecular Hbond substituents is 1. The Morgan fingerprint density at radius 3 is 2.56 bits per heavy atom. The van der Waals surface area contributed by atoms with Crippen molar-refractivity contribution in [3.8, 4) is 45.4 Å². The highest BCUT2D eigenvalue weighted by Gasteiger charge is 2.20. The summed E-state index contributed by atoms with van der Waals surface area (Å²) in [6.07, 6.45) is 0. The summed E-state index contributed by atoms with van der Waals surface area (Å²) in [5.41, 5.74) is 5.06. The van der Waals surface area contributed by atoms with E-state index in [0.717, 1.165) is 32.6 Å². The molecule has 1 aromatic heterocycles. The van der Waals surface area contributed by atoms with Gasteiger partial charge in [0.25, 0.3) is 0 Å². The Labute approximate surface area is 193 Å².